The highest BCUT2D eigenvalue weighted by atomic mass is 127. The Morgan fingerprint density at radius 3 is 2.85 bits per heavy atom. The first-order valence-electron chi connectivity index (χ1n) is 10.1. The van der Waals surface area contributed by atoms with Gasteiger partial charge in [-0.1, -0.05) is 24.3 Å². The Balaban J connectivity index is 0.00000210. The minimum Gasteiger partial charge on any atom is -0.381 e. The molecule has 0 bridgehead atoms. The van der Waals surface area contributed by atoms with Crippen LogP contribution >= 0.6 is 24.0 Å². The zero-order chi connectivity index (χ0) is 17.8. The van der Waals surface area contributed by atoms with E-state index in [1.165, 1.54) is 36.9 Å². The van der Waals surface area contributed by atoms with Crippen LogP contribution in [0.2, 0.25) is 0 Å². The third kappa shape index (κ3) is 4.95. The van der Waals surface area contributed by atoms with Crippen molar-refractivity contribution in [2.24, 2.45) is 10.4 Å². The maximum atomic E-state index is 5.64. The molecule has 1 unspecified atom stereocenters. The maximum Gasteiger partial charge on any atom is 0.193 e. The Labute approximate surface area is 180 Å². The topological polar surface area (TPSA) is 40.1 Å². The molecule has 0 saturated carbocycles. The molecule has 0 amide bonds. The summed E-state index contributed by atoms with van der Waals surface area (Å²) in [6, 6.07) is 8.87. The fourth-order valence-corrected chi connectivity index (χ4v) is 4.67. The lowest BCUT2D eigenvalue weighted by atomic mass is 9.87. The molecule has 0 radical (unpaired) electrons. The Morgan fingerprint density at radius 2 is 2.07 bits per heavy atom. The van der Waals surface area contributed by atoms with E-state index in [1.807, 2.05) is 7.05 Å². The van der Waals surface area contributed by atoms with Crippen LogP contribution in [0.25, 0.3) is 0 Å². The first-order valence-corrected chi connectivity index (χ1v) is 10.1. The Bertz CT molecular complexity index is 645. The quantitative estimate of drug-likeness (QED) is 0.309. The number of benzene rings is 1. The molecule has 0 aromatic heterocycles. The second-order valence-electron chi connectivity index (χ2n) is 8.10. The number of ether oxygens (including phenoxy) is 1. The molecule has 1 spiro atoms. The summed E-state index contributed by atoms with van der Waals surface area (Å²) < 4.78 is 5.64. The highest BCUT2D eigenvalue weighted by Gasteiger charge is 2.42. The van der Waals surface area contributed by atoms with Crippen molar-refractivity contribution in [1.29, 1.82) is 0 Å². The van der Waals surface area contributed by atoms with Crippen LogP contribution in [0.3, 0.4) is 0 Å². The minimum atomic E-state index is 0. The number of aliphatic imine (C=N–C) groups is 1. The average Bonchev–Trinajstić information content (AvgIpc) is 3.32. The van der Waals surface area contributed by atoms with Gasteiger partial charge < -0.3 is 15.0 Å². The summed E-state index contributed by atoms with van der Waals surface area (Å²) in [6.07, 6.45) is 4.78. The summed E-state index contributed by atoms with van der Waals surface area (Å²) in [6.45, 7) is 8.47. The molecule has 0 aliphatic carbocycles. The van der Waals surface area contributed by atoms with Gasteiger partial charge in [0.1, 0.15) is 0 Å². The van der Waals surface area contributed by atoms with Crippen molar-refractivity contribution in [2.45, 2.75) is 32.2 Å². The molecule has 2 saturated heterocycles. The normalized spacial score (nSPS) is 25.5. The van der Waals surface area contributed by atoms with Gasteiger partial charge in [0.25, 0.3) is 0 Å². The van der Waals surface area contributed by atoms with E-state index >= 15 is 0 Å². The van der Waals surface area contributed by atoms with Crippen molar-refractivity contribution in [3.05, 3.63) is 35.4 Å². The number of guanidine groups is 1. The van der Waals surface area contributed by atoms with Gasteiger partial charge in [-0.2, -0.15) is 0 Å². The van der Waals surface area contributed by atoms with Gasteiger partial charge >= 0.3 is 0 Å². The van der Waals surface area contributed by atoms with Gasteiger partial charge in [-0.05, 0) is 36.8 Å². The third-order valence-corrected chi connectivity index (χ3v) is 6.28. The van der Waals surface area contributed by atoms with E-state index in [2.05, 4.69) is 44.4 Å². The molecule has 1 N–H and O–H groups in total. The summed E-state index contributed by atoms with van der Waals surface area (Å²) in [4.78, 5) is 9.52. The molecule has 6 heteroatoms. The molecule has 1 atom stereocenters. The third-order valence-electron chi connectivity index (χ3n) is 6.28. The standard InChI is InChI=1S/C21H32N4O.HI/c1-22-20(25-13-8-21(16-25)9-14-26-17-21)23-10-4-11-24-12-7-18-5-2-3-6-19(18)15-24;/h2-3,5-6H,4,7-17H2,1H3,(H,22,23);1H. The number of rotatable bonds is 4. The van der Waals surface area contributed by atoms with Crippen molar-refractivity contribution < 1.29 is 4.74 Å². The van der Waals surface area contributed by atoms with Crippen LogP contribution in [0.5, 0.6) is 0 Å². The zero-order valence-corrected chi connectivity index (χ0v) is 18.8. The number of hydrogen-bond donors (Lipinski definition) is 1. The predicted molar refractivity (Wildman–Crippen MR) is 121 cm³/mol. The highest BCUT2D eigenvalue weighted by molar-refractivity contribution is 14.0. The molecular weight excluding hydrogens is 451 g/mol. The van der Waals surface area contributed by atoms with Crippen molar-refractivity contribution in [3.8, 4) is 0 Å². The smallest absolute Gasteiger partial charge is 0.193 e. The van der Waals surface area contributed by atoms with Gasteiger partial charge in [-0.25, -0.2) is 0 Å². The van der Waals surface area contributed by atoms with Gasteiger partial charge in [0.2, 0.25) is 0 Å². The molecule has 3 aliphatic rings. The first kappa shape index (κ1) is 20.9. The molecular formula is C21H33IN4O. The number of likely N-dealkylation sites (tertiary alicyclic amines) is 1. The van der Waals surface area contributed by atoms with Crippen LogP contribution in [0.1, 0.15) is 30.4 Å². The fourth-order valence-electron chi connectivity index (χ4n) is 4.67. The van der Waals surface area contributed by atoms with E-state index in [1.54, 1.807) is 0 Å². The molecule has 27 heavy (non-hydrogen) atoms. The lowest BCUT2D eigenvalue weighted by molar-refractivity contribution is 0.156. The van der Waals surface area contributed by atoms with Crippen LogP contribution in [-0.4, -0.2) is 68.7 Å². The highest BCUT2D eigenvalue weighted by Crippen LogP contribution is 2.38. The second-order valence-corrected chi connectivity index (χ2v) is 8.10. The number of nitrogens with one attached hydrogen (secondary N) is 1. The van der Waals surface area contributed by atoms with Crippen molar-refractivity contribution in [2.75, 3.05) is 53.0 Å². The molecule has 5 nitrogen and oxygen atoms in total. The van der Waals surface area contributed by atoms with E-state index in [9.17, 15) is 0 Å². The van der Waals surface area contributed by atoms with Gasteiger partial charge in [-0.15, -0.1) is 24.0 Å². The molecule has 1 aromatic carbocycles. The molecule has 1 aromatic rings. The van der Waals surface area contributed by atoms with Crippen molar-refractivity contribution >= 4 is 29.9 Å². The van der Waals surface area contributed by atoms with Gasteiger partial charge in [-0.3, -0.25) is 9.89 Å². The Hall–Kier alpha value is -0.860. The minimum absolute atomic E-state index is 0. The largest absolute Gasteiger partial charge is 0.381 e. The molecule has 4 rings (SSSR count). The van der Waals surface area contributed by atoms with Crippen LogP contribution in [0.4, 0.5) is 0 Å². The number of fused-ring (bicyclic) bond motifs is 1. The summed E-state index contributed by atoms with van der Waals surface area (Å²) >= 11 is 0. The van der Waals surface area contributed by atoms with Crippen molar-refractivity contribution in [3.63, 3.8) is 0 Å². The van der Waals surface area contributed by atoms with E-state index < -0.39 is 0 Å². The van der Waals surface area contributed by atoms with Crippen LogP contribution in [0.15, 0.2) is 29.3 Å². The molecule has 150 valence electrons. The van der Waals surface area contributed by atoms with E-state index in [-0.39, 0.29) is 24.0 Å². The van der Waals surface area contributed by atoms with E-state index in [0.717, 1.165) is 58.3 Å². The van der Waals surface area contributed by atoms with Crippen molar-refractivity contribution in [1.82, 2.24) is 15.1 Å². The van der Waals surface area contributed by atoms with E-state index in [0.29, 0.717) is 5.41 Å². The lowest BCUT2D eigenvalue weighted by Gasteiger charge is -2.29. The lowest BCUT2D eigenvalue weighted by Crippen LogP contribution is -2.42. The zero-order valence-electron chi connectivity index (χ0n) is 16.5. The second kappa shape index (κ2) is 9.56. The molecule has 3 heterocycles. The van der Waals surface area contributed by atoms with Gasteiger partial charge in [0, 0.05) is 58.3 Å². The number of halogens is 1. The van der Waals surface area contributed by atoms with Crippen LogP contribution in [0, 0.1) is 5.41 Å². The Kier molecular flexibility index (Phi) is 7.39. The molecule has 2 fully saturated rings. The summed E-state index contributed by atoms with van der Waals surface area (Å²) in [5.41, 5.74) is 3.42. The van der Waals surface area contributed by atoms with Gasteiger partial charge in [0.15, 0.2) is 5.96 Å². The van der Waals surface area contributed by atoms with Gasteiger partial charge in [0.05, 0.1) is 6.61 Å². The van der Waals surface area contributed by atoms with Crippen LogP contribution < -0.4 is 5.32 Å². The van der Waals surface area contributed by atoms with E-state index in [4.69, 9.17) is 4.74 Å². The summed E-state index contributed by atoms with van der Waals surface area (Å²) in [7, 11) is 1.90. The Morgan fingerprint density at radius 1 is 1.22 bits per heavy atom. The molecule has 3 aliphatic heterocycles. The van der Waals surface area contributed by atoms with Crippen LogP contribution in [-0.2, 0) is 17.7 Å². The summed E-state index contributed by atoms with van der Waals surface area (Å²) in [5, 5.41) is 3.58. The predicted octanol–water partition coefficient (Wildman–Crippen LogP) is 2.74. The fraction of sp³-hybridized carbons (Fsp3) is 0.667. The summed E-state index contributed by atoms with van der Waals surface area (Å²) in [5.74, 6) is 1.07. The SMILES string of the molecule is CN=C(NCCCN1CCc2ccccc2C1)N1CCC2(CCOC2)C1.I. The monoisotopic (exact) mass is 484 g/mol. The first-order chi connectivity index (χ1) is 12.8. The maximum absolute atomic E-state index is 5.64. The average molecular weight is 484 g/mol. The number of hydrogen-bond acceptors (Lipinski definition) is 3. The number of nitrogens with zero attached hydrogens (tertiary/aromatic N) is 3.